The SMILES string of the molecule is CC(=O)CCSc1ccc(Cl)c(C)c1. The minimum absolute atomic E-state index is 0.239. The number of benzene rings is 1. The maximum Gasteiger partial charge on any atom is 0.130 e. The molecule has 0 radical (unpaired) electrons. The molecule has 1 nitrogen and oxygen atoms in total. The third-order valence-electron chi connectivity index (χ3n) is 1.85. The summed E-state index contributed by atoms with van der Waals surface area (Å²) < 4.78 is 0. The summed E-state index contributed by atoms with van der Waals surface area (Å²) >= 11 is 7.59. The Morgan fingerprint density at radius 3 is 2.79 bits per heavy atom. The molecule has 14 heavy (non-hydrogen) atoms. The second kappa shape index (κ2) is 5.42. The quantitative estimate of drug-likeness (QED) is 0.731. The fourth-order valence-corrected chi connectivity index (χ4v) is 2.19. The van der Waals surface area contributed by atoms with E-state index in [1.54, 1.807) is 18.7 Å². The molecular formula is C11H13ClOS. The van der Waals surface area contributed by atoms with Crippen molar-refractivity contribution in [3.63, 3.8) is 0 Å². The second-order valence-corrected chi connectivity index (χ2v) is 4.79. The molecule has 0 amide bonds. The van der Waals surface area contributed by atoms with Crippen molar-refractivity contribution in [2.24, 2.45) is 0 Å². The van der Waals surface area contributed by atoms with Crippen molar-refractivity contribution in [3.05, 3.63) is 28.8 Å². The highest BCUT2D eigenvalue weighted by Gasteiger charge is 1.99. The van der Waals surface area contributed by atoms with Gasteiger partial charge in [-0.3, -0.25) is 4.79 Å². The number of halogens is 1. The standard InChI is InChI=1S/C11H13ClOS/c1-8-7-10(3-4-11(8)12)14-6-5-9(2)13/h3-4,7H,5-6H2,1-2H3. The van der Waals surface area contributed by atoms with Crippen LogP contribution >= 0.6 is 23.4 Å². The van der Waals surface area contributed by atoms with E-state index in [4.69, 9.17) is 11.6 Å². The van der Waals surface area contributed by atoms with Crippen LogP contribution in [0, 0.1) is 6.92 Å². The molecule has 0 unspecified atom stereocenters. The van der Waals surface area contributed by atoms with Gasteiger partial charge in [-0.25, -0.2) is 0 Å². The van der Waals surface area contributed by atoms with Crippen molar-refractivity contribution in [2.75, 3.05) is 5.75 Å². The molecule has 0 atom stereocenters. The lowest BCUT2D eigenvalue weighted by Crippen LogP contribution is -1.91. The smallest absolute Gasteiger partial charge is 0.130 e. The van der Waals surface area contributed by atoms with E-state index >= 15 is 0 Å². The summed E-state index contributed by atoms with van der Waals surface area (Å²) in [7, 11) is 0. The van der Waals surface area contributed by atoms with Crippen LogP contribution < -0.4 is 0 Å². The summed E-state index contributed by atoms with van der Waals surface area (Å²) in [5, 5.41) is 0.793. The lowest BCUT2D eigenvalue weighted by atomic mass is 10.2. The van der Waals surface area contributed by atoms with Crippen molar-refractivity contribution in [1.82, 2.24) is 0 Å². The molecule has 1 rings (SSSR count). The molecule has 1 aromatic carbocycles. The Kier molecular flexibility index (Phi) is 4.49. The summed E-state index contributed by atoms with van der Waals surface area (Å²) in [6, 6.07) is 5.93. The first-order valence-electron chi connectivity index (χ1n) is 4.48. The van der Waals surface area contributed by atoms with E-state index < -0.39 is 0 Å². The fraction of sp³-hybridized carbons (Fsp3) is 0.364. The van der Waals surface area contributed by atoms with E-state index in [0.29, 0.717) is 6.42 Å². The van der Waals surface area contributed by atoms with Gasteiger partial charge < -0.3 is 0 Å². The zero-order valence-corrected chi connectivity index (χ0v) is 9.91. The number of rotatable bonds is 4. The Balaban J connectivity index is 2.51. The van der Waals surface area contributed by atoms with Gasteiger partial charge in [0.2, 0.25) is 0 Å². The number of ketones is 1. The zero-order valence-electron chi connectivity index (χ0n) is 8.34. The van der Waals surface area contributed by atoms with Gasteiger partial charge in [0.15, 0.2) is 0 Å². The van der Waals surface area contributed by atoms with Crippen LogP contribution in [0.2, 0.25) is 5.02 Å². The molecule has 0 fully saturated rings. The third kappa shape index (κ3) is 3.72. The summed E-state index contributed by atoms with van der Waals surface area (Å²) in [6.07, 6.45) is 0.631. The highest BCUT2D eigenvalue weighted by Crippen LogP contribution is 2.24. The Morgan fingerprint density at radius 1 is 1.50 bits per heavy atom. The second-order valence-electron chi connectivity index (χ2n) is 3.21. The van der Waals surface area contributed by atoms with Crippen molar-refractivity contribution in [3.8, 4) is 0 Å². The Bertz CT molecular complexity index is 336. The lowest BCUT2D eigenvalue weighted by molar-refractivity contribution is -0.116. The monoisotopic (exact) mass is 228 g/mol. The van der Waals surface area contributed by atoms with Crippen molar-refractivity contribution in [1.29, 1.82) is 0 Å². The zero-order chi connectivity index (χ0) is 10.6. The van der Waals surface area contributed by atoms with Crippen LogP contribution in [0.3, 0.4) is 0 Å². The first kappa shape index (κ1) is 11.6. The van der Waals surface area contributed by atoms with Gasteiger partial charge in [-0.05, 0) is 37.6 Å². The van der Waals surface area contributed by atoms with Gasteiger partial charge in [0.1, 0.15) is 5.78 Å². The predicted molar refractivity (Wildman–Crippen MR) is 62.2 cm³/mol. The van der Waals surface area contributed by atoms with Gasteiger partial charge in [0.25, 0.3) is 0 Å². The van der Waals surface area contributed by atoms with Gasteiger partial charge in [-0.1, -0.05) is 11.6 Å². The minimum Gasteiger partial charge on any atom is -0.300 e. The molecular weight excluding hydrogens is 216 g/mol. The first-order chi connectivity index (χ1) is 6.59. The number of carbonyl (C=O) groups is 1. The predicted octanol–water partition coefficient (Wildman–Crippen LogP) is 3.72. The first-order valence-corrected chi connectivity index (χ1v) is 5.84. The molecule has 0 aliphatic carbocycles. The topological polar surface area (TPSA) is 17.1 Å². The van der Waals surface area contributed by atoms with E-state index in [0.717, 1.165) is 16.3 Å². The van der Waals surface area contributed by atoms with Crippen LogP contribution in [-0.4, -0.2) is 11.5 Å². The maximum atomic E-state index is 10.7. The summed E-state index contributed by atoms with van der Waals surface area (Å²) in [4.78, 5) is 11.9. The number of carbonyl (C=O) groups excluding carboxylic acids is 1. The van der Waals surface area contributed by atoms with E-state index in [1.807, 2.05) is 25.1 Å². The van der Waals surface area contributed by atoms with Gasteiger partial charge in [0, 0.05) is 22.1 Å². The third-order valence-corrected chi connectivity index (χ3v) is 3.27. The Hall–Kier alpha value is -0.470. The van der Waals surface area contributed by atoms with E-state index in [-0.39, 0.29) is 5.78 Å². The van der Waals surface area contributed by atoms with E-state index in [1.165, 1.54) is 4.90 Å². The molecule has 0 heterocycles. The molecule has 3 heteroatoms. The fourth-order valence-electron chi connectivity index (χ4n) is 1.02. The van der Waals surface area contributed by atoms with Gasteiger partial charge >= 0.3 is 0 Å². The van der Waals surface area contributed by atoms with Crippen LogP contribution in [-0.2, 0) is 4.79 Å². The van der Waals surface area contributed by atoms with Gasteiger partial charge in [-0.2, -0.15) is 0 Å². The average molecular weight is 229 g/mol. The molecule has 0 saturated carbocycles. The van der Waals surface area contributed by atoms with Gasteiger partial charge in [0.05, 0.1) is 0 Å². The van der Waals surface area contributed by atoms with Crippen LogP contribution in [0.5, 0.6) is 0 Å². The van der Waals surface area contributed by atoms with Gasteiger partial charge in [-0.15, -0.1) is 11.8 Å². The average Bonchev–Trinajstić information content (AvgIpc) is 2.10. The van der Waals surface area contributed by atoms with Crippen molar-refractivity contribution >= 4 is 29.1 Å². The number of aryl methyl sites for hydroxylation is 1. The largest absolute Gasteiger partial charge is 0.300 e. The number of hydrogen-bond donors (Lipinski definition) is 0. The highest BCUT2D eigenvalue weighted by atomic mass is 35.5. The highest BCUT2D eigenvalue weighted by molar-refractivity contribution is 7.99. The van der Waals surface area contributed by atoms with Crippen molar-refractivity contribution in [2.45, 2.75) is 25.2 Å². The molecule has 1 aromatic rings. The normalized spacial score (nSPS) is 10.2. The molecule has 0 aliphatic heterocycles. The molecule has 0 bridgehead atoms. The molecule has 0 aromatic heterocycles. The maximum absolute atomic E-state index is 10.7. The summed E-state index contributed by atoms with van der Waals surface area (Å²) in [5.74, 6) is 1.08. The Labute approximate surface area is 93.8 Å². The molecule has 76 valence electrons. The van der Waals surface area contributed by atoms with Crippen LogP contribution in [0.25, 0.3) is 0 Å². The van der Waals surface area contributed by atoms with Crippen LogP contribution in [0.15, 0.2) is 23.1 Å². The Morgan fingerprint density at radius 2 is 2.21 bits per heavy atom. The summed E-state index contributed by atoms with van der Waals surface area (Å²) in [5.41, 5.74) is 1.08. The number of Topliss-reactive ketones (excluding diaryl/α,β-unsaturated/α-hetero) is 1. The minimum atomic E-state index is 0.239. The molecule has 0 saturated heterocycles. The number of thioether (sulfide) groups is 1. The molecule has 0 N–H and O–H groups in total. The molecule has 0 spiro atoms. The molecule has 0 aliphatic rings. The number of hydrogen-bond acceptors (Lipinski definition) is 2. The van der Waals surface area contributed by atoms with E-state index in [2.05, 4.69) is 0 Å². The summed E-state index contributed by atoms with van der Waals surface area (Å²) in [6.45, 7) is 3.60. The van der Waals surface area contributed by atoms with Crippen LogP contribution in [0.4, 0.5) is 0 Å². The van der Waals surface area contributed by atoms with E-state index in [9.17, 15) is 4.79 Å². The van der Waals surface area contributed by atoms with Crippen molar-refractivity contribution < 1.29 is 4.79 Å². The van der Waals surface area contributed by atoms with Crippen LogP contribution in [0.1, 0.15) is 18.9 Å². The lowest BCUT2D eigenvalue weighted by Gasteiger charge is -2.02.